The second-order valence-electron chi connectivity index (χ2n) is 7.34. The lowest BCUT2D eigenvalue weighted by molar-refractivity contribution is -0.153. The number of carbonyl (C=O) groups excluding carboxylic acids is 2. The van der Waals surface area contributed by atoms with Gasteiger partial charge in [0.1, 0.15) is 6.04 Å². The van der Waals surface area contributed by atoms with E-state index in [0.717, 1.165) is 11.1 Å². The summed E-state index contributed by atoms with van der Waals surface area (Å²) < 4.78 is 0. The Hall–Kier alpha value is -4.01. The number of benzene rings is 2. The maximum absolute atomic E-state index is 13.2. The fraction of sp³-hybridized carbons (Fsp3) is 0.227. The Bertz CT molecular complexity index is 1160. The van der Waals surface area contributed by atoms with Gasteiger partial charge in [-0.25, -0.2) is 4.79 Å². The molecule has 0 spiro atoms. The number of rotatable bonds is 5. The van der Waals surface area contributed by atoms with E-state index in [0.29, 0.717) is 29.8 Å². The molecule has 0 aliphatic carbocycles. The van der Waals surface area contributed by atoms with Crippen molar-refractivity contribution in [3.63, 3.8) is 0 Å². The molecular formula is C22H22N6O3. The maximum atomic E-state index is 13.2. The van der Waals surface area contributed by atoms with Crippen LogP contribution >= 0.6 is 0 Å². The number of amidine groups is 1. The van der Waals surface area contributed by atoms with Crippen LogP contribution in [0.2, 0.25) is 0 Å². The topological polar surface area (TPSA) is 116 Å². The molecule has 1 fully saturated rings. The summed E-state index contributed by atoms with van der Waals surface area (Å²) in [6.45, 7) is 4.22. The number of nitrogens with zero attached hydrogens (tertiary/aromatic N) is 5. The van der Waals surface area contributed by atoms with Crippen LogP contribution in [0.5, 0.6) is 0 Å². The first-order valence-electron chi connectivity index (χ1n) is 9.84. The molecular weight excluding hydrogens is 396 g/mol. The number of carbonyl (C=O) groups is 2. The average Bonchev–Trinajstić information content (AvgIpc) is 3.26. The number of likely N-dealkylation sites (tertiary alicyclic amines) is 1. The van der Waals surface area contributed by atoms with E-state index in [4.69, 9.17) is 10.6 Å². The van der Waals surface area contributed by atoms with E-state index in [1.54, 1.807) is 18.2 Å². The van der Waals surface area contributed by atoms with E-state index in [1.807, 2.05) is 38.1 Å². The molecule has 1 saturated heterocycles. The predicted molar refractivity (Wildman–Crippen MR) is 114 cm³/mol. The van der Waals surface area contributed by atoms with Gasteiger partial charge in [-0.2, -0.15) is 15.0 Å². The van der Waals surface area contributed by atoms with Crippen LogP contribution in [-0.4, -0.2) is 50.2 Å². The third-order valence-electron chi connectivity index (χ3n) is 5.22. The molecule has 1 amide bonds. The first kappa shape index (κ1) is 20.3. The molecule has 1 aromatic heterocycles. The smallest absolute Gasteiger partial charge is 0.357 e. The molecule has 9 nitrogen and oxygen atoms in total. The minimum absolute atomic E-state index is 0.106. The highest BCUT2D eigenvalue weighted by molar-refractivity contribution is 6.01. The van der Waals surface area contributed by atoms with Crippen LogP contribution in [0, 0.1) is 13.8 Å². The van der Waals surface area contributed by atoms with Crippen molar-refractivity contribution in [2.45, 2.75) is 26.3 Å². The van der Waals surface area contributed by atoms with Gasteiger partial charge in [-0.05, 0) is 38.0 Å². The largest absolute Gasteiger partial charge is 0.380 e. The number of amides is 1. The van der Waals surface area contributed by atoms with Crippen LogP contribution in [0.3, 0.4) is 0 Å². The van der Waals surface area contributed by atoms with Gasteiger partial charge < -0.3 is 15.5 Å². The molecule has 31 heavy (non-hydrogen) atoms. The Labute approximate surface area is 179 Å². The molecule has 1 aliphatic rings. The summed E-state index contributed by atoms with van der Waals surface area (Å²) in [5.74, 6) is -0.808. The van der Waals surface area contributed by atoms with Crippen LogP contribution in [0.1, 0.15) is 33.5 Å². The van der Waals surface area contributed by atoms with Crippen LogP contribution in [0.15, 0.2) is 60.0 Å². The number of hydrogen-bond donors (Lipinski definition) is 1. The van der Waals surface area contributed by atoms with Crippen molar-refractivity contribution in [2.75, 3.05) is 6.54 Å². The van der Waals surface area contributed by atoms with E-state index in [2.05, 4.69) is 15.4 Å². The Balaban J connectivity index is 1.51. The number of aryl methyl sites for hydroxylation is 2. The molecule has 2 heterocycles. The lowest BCUT2D eigenvalue weighted by atomic mass is 10.00. The molecule has 2 N–H and O–H groups in total. The molecule has 0 unspecified atom stereocenters. The van der Waals surface area contributed by atoms with Gasteiger partial charge in [-0.15, -0.1) is 0 Å². The number of aromatic nitrogens is 3. The van der Waals surface area contributed by atoms with Crippen molar-refractivity contribution in [1.29, 1.82) is 0 Å². The molecule has 2 aromatic carbocycles. The average molecular weight is 418 g/mol. The zero-order valence-electron chi connectivity index (χ0n) is 17.2. The summed E-state index contributed by atoms with van der Waals surface area (Å²) >= 11 is 0. The van der Waals surface area contributed by atoms with E-state index in [-0.39, 0.29) is 11.7 Å². The van der Waals surface area contributed by atoms with Gasteiger partial charge in [0, 0.05) is 12.1 Å². The zero-order valence-corrected chi connectivity index (χ0v) is 17.2. The first-order chi connectivity index (χ1) is 15.0. The monoisotopic (exact) mass is 418 g/mol. The Kier molecular flexibility index (Phi) is 5.48. The molecule has 1 aliphatic heterocycles. The van der Waals surface area contributed by atoms with E-state index < -0.39 is 12.0 Å². The van der Waals surface area contributed by atoms with Crippen molar-refractivity contribution in [1.82, 2.24) is 19.9 Å². The third-order valence-corrected chi connectivity index (χ3v) is 5.22. The lowest BCUT2D eigenvalue weighted by Gasteiger charge is -2.38. The predicted octanol–water partition coefficient (Wildman–Crippen LogP) is 1.96. The molecule has 0 bridgehead atoms. The molecule has 0 radical (unpaired) electrons. The van der Waals surface area contributed by atoms with Gasteiger partial charge in [-0.3, -0.25) is 4.79 Å². The van der Waals surface area contributed by atoms with E-state index in [9.17, 15) is 9.59 Å². The van der Waals surface area contributed by atoms with Gasteiger partial charge in [0.05, 0.1) is 23.6 Å². The van der Waals surface area contributed by atoms with Gasteiger partial charge >= 0.3 is 5.97 Å². The lowest BCUT2D eigenvalue weighted by Crippen LogP contribution is -2.55. The van der Waals surface area contributed by atoms with Crippen LogP contribution in [0.4, 0.5) is 0 Å². The van der Waals surface area contributed by atoms with Crippen molar-refractivity contribution < 1.29 is 14.4 Å². The minimum atomic E-state index is -0.722. The van der Waals surface area contributed by atoms with Gasteiger partial charge in [0.15, 0.2) is 5.84 Å². The quantitative estimate of drug-likeness (QED) is 0.293. The van der Waals surface area contributed by atoms with E-state index in [1.165, 1.54) is 22.1 Å². The minimum Gasteiger partial charge on any atom is -0.380 e. The highest BCUT2D eigenvalue weighted by atomic mass is 16.7. The summed E-state index contributed by atoms with van der Waals surface area (Å²) in [5, 5.41) is 12.0. The van der Waals surface area contributed by atoms with E-state index >= 15 is 0 Å². The summed E-state index contributed by atoms with van der Waals surface area (Å²) in [5.41, 5.74) is 9.43. The standard InChI is InChI=1S/C22H22N6O3/c1-14-7-8-18(28-24-10-11-25-28)17(13-14)21(29)27-12-9-19(27)22(30)31-26-20(23)16-6-4-3-5-15(16)2/h3-8,10-11,13,19H,9,12H2,1-2H3,(H2,23,26)/t19-/m0/s1. The third kappa shape index (κ3) is 4.02. The Morgan fingerprint density at radius 3 is 2.52 bits per heavy atom. The molecule has 158 valence electrons. The second kappa shape index (κ2) is 8.39. The summed E-state index contributed by atoms with van der Waals surface area (Å²) in [6, 6.07) is 12.1. The summed E-state index contributed by atoms with van der Waals surface area (Å²) in [7, 11) is 0. The highest BCUT2D eigenvalue weighted by Crippen LogP contribution is 2.25. The molecule has 3 aromatic rings. The molecule has 4 rings (SSSR count). The van der Waals surface area contributed by atoms with Gasteiger partial charge in [-0.1, -0.05) is 41.1 Å². The zero-order chi connectivity index (χ0) is 22.0. The van der Waals surface area contributed by atoms with Crippen molar-refractivity contribution >= 4 is 17.7 Å². The highest BCUT2D eigenvalue weighted by Gasteiger charge is 2.40. The van der Waals surface area contributed by atoms with Gasteiger partial charge in [0.2, 0.25) is 0 Å². The van der Waals surface area contributed by atoms with Gasteiger partial charge in [0.25, 0.3) is 5.91 Å². The second-order valence-corrected chi connectivity index (χ2v) is 7.34. The summed E-state index contributed by atoms with van der Waals surface area (Å²) in [4.78, 5) is 33.7. The summed E-state index contributed by atoms with van der Waals surface area (Å²) in [6.07, 6.45) is 3.56. The first-order valence-corrected chi connectivity index (χ1v) is 9.84. The fourth-order valence-electron chi connectivity index (χ4n) is 3.43. The SMILES string of the molecule is Cc1ccc(-n2nccn2)c(C(=O)N2CC[C@H]2C(=O)ON=C(N)c2ccccc2C)c1. The Morgan fingerprint density at radius 2 is 1.84 bits per heavy atom. The number of oxime groups is 1. The van der Waals surface area contributed by atoms with Crippen molar-refractivity contribution in [3.05, 3.63) is 77.1 Å². The van der Waals surface area contributed by atoms with Crippen LogP contribution in [0.25, 0.3) is 5.69 Å². The molecule has 9 heteroatoms. The van der Waals surface area contributed by atoms with Crippen molar-refractivity contribution in [2.24, 2.45) is 10.9 Å². The van der Waals surface area contributed by atoms with Crippen molar-refractivity contribution in [3.8, 4) is 5.69 Å². The van der Waals surface area contributed by atoms with Crippen LogP contribution in [-0.2, 0) is 9.63 Å². The molecule has 1 atom stereocenters. The van der Waals surface area contributed by atoms with Crippen LogP contribution < -0.4 is 5.73 Å². The normalized spacial score (nSPS) is 16.0. The Morgan fingerprint density at radius 1 is 1.10 bits per heavy atom. The number of hydrogen-bond acceptors (Lipinski definition) is 6. The fourth-order valence-corrected chi connectivity index (χ4v) is 3.43. The number of nitrogens with two attached hydrogens (primary N) is 1. The molecule has 0 saturated carbocycles. The maximum Gasteiger partial charge on any atom is 0.357 e.